The second-order valence-electron chi connectivity index (χ2n) is 8.06. The van der Waals surface area contributed by atoms with Crippen molar-refractivity contribution in [3.8, 4) is 11.5 Å². The largest absolute Gasteiger partial charge is 0.497 e. The number of rotatable bonds is 5. The van der Waals surface area contributed by atoms with E-state index in [4.69, 9.17) is 9.47 Å². The Kier molecular flexibility index (Phi) is 5.71. The average molecular weight is 427 g/mol. The molecule has 8 heteroatoms. The molecule has 2 heterocycles. The minimum Gasteiger partial charge on any atom is -0.497 e. The molecule has 0 atom stereocenters. The number of carbonyl (C=O) groups excluding carboxylic acids is 2. The van der Waals surface area contributed by atoms with Crippen molar-refractivity contribution in [2.24, 2.45) is 5.41 Å². The molecule has 7 nitrogen and oxygen atoms in total. The number of methoxy groups -OCH3 is 2. The van der Waals surface area contributed by atoms with Crippen LogP contribution >= 0.6 is 0 Å². The van der Waals surface area contributed by atoms with Gasteiger partial charge in [0.05, 0.1) is 19.6 Å². The lowest BCUT2D eigenvalue weighted by atomic mass is 9.71. The van der Waals surface area contributed by atoms with Gasteiger partial charge in [0.2, 0.25) is 5.91 Å². The fourth-order valence-corrected chi connectivity index (χ4v) is 4.28. The van der Waals surface area contributed by atoms with Gasteiger partial charge in [-0.2, -0.15) is 0 Å². The van der Waals surface area contributed by atoms with Gasteiger partial charge in [-0.1, -0.05) is 12.1 Å². The molecular weight excluding hydrogens is 401 g/mol. The van der Waals surface area contributed by atoms with Gasteiger partial charge in [0.25, 0.3) is 0 Å². The van der Waals surface area contributed by atoms with Gasteiger partial charge in [-0.05, 0) is 42.7 Å². The smallest absolute Gasteiger partial charge is 0.321 e. The maximum absolute atomic E-state index is 13.8. The molecule has 2 saturated heterocycles. The molecule has 0 aromatic heterocycles. The standard InChI is InChI=1S/C23H26FN3O4/c1-30-18-6-3-16(4-7-18)14-27-15-23(21(27)28)9-11-26(12-10-23)22(29)25-17-5-8-20(31-2)19(24)13-17/h3-8,13H,9-12,14-15H2,1-2H3,(H,25,29). The average Bonchev–Trinajstić information content (AvgIpc) is 2.79. The van der Waals surface area contributed by atoms with Crippen LogP contribution in [0.25, 0.3) is 0 Å². The molecule has 0 bridgehead atoms. The van der Waals surface area contributed by atoms with Crippen LogP contribution in [0.3, 0.4) is 0 Å². The van der Waals surface area contributed by atoms with Crippen LogP contribution in [-0.4, -0.2) is 55.6 Å². The van der Waals surface area contributed by atoms with Crippen molar-refractivity contribution in [2.45, 2.75) is 19.4 Å². The van der Waals surface area contributed by atoms with Gasteiger partial charge in [0, 0.05) is 37.9 Å². The number of piperidine rings is 1. The third kappa shape index (κ3) is 4.15. The van der Waals surface area contributed by atoms with Crippen molar-refractivity contribution in [3.05, 3.63) is 53.8 Å². The van der Waals surface area contributed by atoms with Crippen molar-refractivity contribution in [1.29, 1.82) is 0 Å². The van der Waals surface area contributed by atoms with E-state index < -0.39 is 5.82 Å². The summed E-state index contributed by atoms with van der Waals surface area (Å²) < 4.78 is 23.9. The van der Waals surface area contributed by atoms with Crippen LogP contribution < -0.4 is 14.8 Å². The minimum atomic E-state index is -0.532. The van der Waals surface area contributed by atoms with Crippen LogP contribution in [0, 0.1) is 11.2 Å². The van der Waals surface area contributed by atoms with Crippen LogP contribution in [0.4, 0.5) is 14.9 Å². The van der Waals surface area contributed by atoms with Crippen molar-refractivity contribution in [2.75, 3.05) is 39.2 Å². The van der Waals surface area contributed by atoms with Crippen molar-refractivity contribution in [1.82, 2.24) is 9.80 Å². The molecule has 2 aliphatic rings. The number of benzene rings is 2. The maximum atomic E-state index is 13.8. The first-order chi connectivity index (χ1) is 14.9. The highest BCUT2D eigenvalue weighted by atomic mass is 19.1. The Balaban J connectivity index is 1.28. The number of anilines is 1. The first kappa shape index (κ1) is 21.0. The van der Waals surface area contributed by atoms with E-state index in [9.17, 15) is 14.0 Å². The summed E-state index contributed by atoms with van der Waals surface area (Å²) in [5.74, 6) is 0.536. The van der Waals surface area contributed by atoms with E-state index in [-0.39, 0.29) is 23.1 Å². The van der Waals surface area contributed by atoms with Gasteiger partial charge < -0.3 is 24.6 Å². The van der Waals surface area contributed by atoms with Crippen LogP contribution in [0.15, 0.2) is 42.5 Å². The van der Waals surface area contributed by atoms with Crippen LogP contribution in [0.5, 0.6) is 11.5 Å². The van der Waals surface area contributed by atoms with Gasteiger partial charge in [-0.15, -0.1) is 0 Å². The highest BCUT2D eigenvalue weighted by Crippen LogP contribution is 2.42. The lowest BCUT2D eigenvalue weighted by Gasteiger charge is -2.52. The van der Waals surface area contributed by atoms with Gasteiger partial charge in [-0.25, -0.2) is 9.18 Å². The van der Waals surface area contributed by atoms with Crippen molar-refractivity contribution >= 4 is 17.6 Å². The Hall–Kier alpha value is -3.29. The Morgan fingerprint density at radius 3 is 2.39 bits per heavy atom. The number of ether oxygens (including phenoxy) is 2. The monoisotopic (exact) mass is 427 g/mol. The number of likely N-dealkylation sites (tertiary alicyclic amines) is 2. The minimum absolute atomic E-state index is 0.126. The summed E-state index contributed by atoms with van der Waals surface area (Å²) in [4.78, 5) is 28.9. The SMILES string of the molecule is COc1ccc(CN2CC3(CCN(C(=O)Nc4ccc(OC)c(F)c4)CC3)C2=O)cc1. The van der Waals surface area contributed by atoms with E-state index in [0.717, 1.165) is 11.3 Å². The van der Waals surface area contributed by atoms with Gasteiger partial charge in [-0.3, -0.25) is 4.79 Å². The lowest BCUT2D eigenvalue weighted by Crippen LogP contribution is -2.64. The number of hydrogen-bond donors (Lipinski definition) is 1. The Morgan fingerprint density at radius 2 is 1.81 bits per heavy atom. The molecule has 2 fully saturated rings. The van der Waals surface area contributed by atoms with Crippen LogP contribution in [0.2, 0.25) is 0 Å². The summed E-state index contributed by atoms with van der Waals surface area (Å²) in [7, 11) is 3.01. The van der Waals surface area contributed by atoms with Gasteiger partial charge in [0.1, 0.15) is 5.75 Å². The predicted octanol–water partition coefficient (Wildman–Crippen LogP) is 3.50. The third-order valence-electron chi connectivity index (χ3n) is 6.18. The number of nitrogens with zero attached hydrogens (tertiary/aromatic N) is 2. The highest BCUT2D eigenvalue weighted by molar-refractivity contribution is 5.91. The number of hydrogen-bond acceptors (Lipinski definition) is 4. The van der Waals surface area contributed by atoms with E-state index in [2.05, 4.69) is 5.32 Å². The fraction of sp³-hybridized carbons (Fsp3) is 0.391. The van der Waals surface area contributed by atoms with Gasteiger partial charge >= 0.3 is 6.03 Å². The van der Waals surface area contributed by atoms with E-state index in [1.54, 1.807) is 18.1 Å². The lowest BCUT2D eigenvalue weighted by molar-refractivity contribution is -0.165. The second-order valence-corrected chi connectivity index (χ2v) is 8.06. The van der Waals surface area contributed by atoms with E-state index in [0.29, 0.717) is 44.7 Å². The maximum Gasteiger partial charge on any atom is 0.321 e. The van der Waals surface area contributed by atoms with Crippen molar-refractivity contribution in [3.63, 3.8) is 0 Å². The number of β-lactam (4-membered cyclic amide) rings is 1. The summed E-state index contributed by atoms with van der Waals surface area (Å²) in [6.07, 6.45) is 1.27. The van der Waals surface area contributed by atoms with E-state index >= 15 is 0 Å². The molecule has 2 aliphatic heterocycles. The zero-order valence-electron chi connectivity index (χ0n) is 17.7. The predicted molar refractivity (Wildman–Crippen MR) is 114 cm³/mol. The van der Waals surface area contributed by atoms with E-state index in [1.807, 2.05) is 29.2 Å². The van der Waals surface area contributed by atoms with Crippen molar-refractivity contribution < 1.29 is 23.5 Å². The number of carbonyl (C=O) groups is 2. The fourth-order valence-electron chi connectivity index (χ4n) is 4.28. The molecule has 164 valence electrons. The molecule has 2 aromatic rings. The Bertz CT molecular complexity index is 971. The molecule has 1 N–H and O–H groups in total. The summed E-state index contributed by atoms with van der Waals surface area (Å²) in [5, 5.41) is 2.72. The summed E-state index contributed by atoms with van der Waals surface area (Å²) in [6, 6.07) is 11.7. The zero-order valence-corrected chi connectivity index (χ0v) is 17.7. The van der Waals surface area contributed by atoms with Crippen LogP contribution in [0.1, 0.15) is 18.4 Å². The third-order valence-corrected chi connectivity index (χ3v) is 6.18. The molecule has 4 rings (SSSR count). The molecule has 2 aromatic carbocycles. The second kappa shape index (κ2) is 8.45. The molecule has 0 radical (unpaired) electrons. The molecule has 3 amide bonds. The molecule has 31 heavy (non-hydrogen) atoms. The normalized spacial score (nSPS) is 17.3. The zero-order chi connectivity index (χ0) is 22.0. The number of nitrogens with one attached hydrogen (secondary N) is 1. The van der Waals surface area contributed by atoms with E-state index in [1.165, 1.54) is 19.2 Å². The topological polar surface area (TPSA) is 71.1 Å². The van der Waals surface area contributed by atoms with Crippen LogP contribution in [-0.2, 0) is 11.3 Å². The molecule has 0 aliphatic carbocycles. The molecule has 0 unspecified atom stereocenters. The quantitative estimate of drug-likeness (QED) is 0.742. The summed E-state index contributed by atoms with van der Waals surface area (Å²) in [6.45, 7) is 2.27. The molecule has 1 spiro atoms. The first-order valence-electron chi connectivity index (χ1n) is 10.3. The highest BCUT2D eigenvalue weighted by Gasteiger charge is 2.53. The Labute approximate surface area is 180 Å². The number of halogens is 1. The molecule has 0 saturated carbocycles. The summed E-state index contributed by atoms with van der Waals surface area (Å²) in [5.41, 5.74) is 1.07. The number of amides is 3. The van der Waals surface area contributed by atoms with Gasteiger partial charge in [0.15, 0.2) is 11.6 Å². The first-order valence-corrected chi connectivity index (χ1v) is 10.3. The summed E-state index contributed by atoms with van der Waals surface area (Å²) >= 11 is 0. The molecular formula is C23H26FN3O4. The Morgan fingerprint density at radius 1 is 1.10 bits per heavy atom. The number of urea groups is 1.